The van der Waals surface area contributed by atoms with Crippen LogP contribution in [-0.2, 0) is 19.1 Å². The van der Waals surface area contributed by atoms with E-state index in [-0.39, 0.29) is 33.7 Å². The number of benzene rings is 2. The Labute approximate surface area is 200 Å². The molecule has 0 spiro atoms. The molecule has 3 rings (SSSR count). The minimum atomic E-state index is -2.13. The van der Waals surface area contributed by atoms with Crippen LogP contribution in [0.5, 0.6) is 0 Å². The van der Waals surface area contributed by atoms with Crippen LogP contribution in [0.1, 0.15) is 21.8 Å². The number of rotatable bonds is 6. The van der Waals surface area contributed by atoms with Crippen LogP contribution in [0.2, 0.25) is 0 Å². The molecule has 1 atom stereocenters. The van der Waals surface area contributed by atoms with Gasteiger partial charge < -0.3 is 30.4 Å². The van der Waals surface area contributed by atoms with Gasteiger partial charge in [-0.3, -0.25) is 4.90 Å². The molecule has 1 unspecified atom stereocenters. The maximum absolute atomic E-state index is 13.1. The zero-order valence-corrected chi connectivity index (χ0v) is 18.6. The van der Waals surface area contributed by atoms with Crippen molar-refractivity contribution >= 4 is 36.2 Å². The fourth-order valence-electron chi connectivity index (χ4n) is 3.85. The Morgan fingerprint density at radius 3 is 2.20 bits per heavy atom. The third-order valence-corrected chi connectivity index (χ3v) is 5.41. The van der Waals surface area contributed by atoms with E-state index >= 15 is 0 Å². The summed E-state index contributed by atoms with van der Waals surface area (Å²) in [5.41, 5.74) is 5.04. The Bertz CT molecular complexity index is 1300. The van der Waals surface area contributed by atoms with Crippen molar-refractivity contribution in [3.8, 4) is 6.07 Å². The topological polar surface area (TPSA) is 183 Å². The van der Waals surface area contributed by atoms with Gasteiger partial charge in [0.15, 0.2) is 0 Å². The Morgan fingerprint density at radius 1 is 1.06 bits per heavy atom. The second-order valence-electron chi connectivity index (χ2n) is 7.29. The number of hydrogen-bond donors (Lipinski definition) is 4. The molecule has 1 heterocycles. The summed E-state index contributed by atoms with van der Waals surface area (Å²) in [6.45, 7) is 0. The highest BCUT2D eigenvalue weighted by Gasteiger charge is 2.44. The van der Waals surface area contributed by atoms with Gasteiger partial charge in [-0.2, -0.15) is 5.26 Å². The molecule has 0 saturated heterocycles. The summed E-state index contributed by atoms with van der Waals surface area (Å²) >= 11 is 0. The Hall–Kier alpha value is -4.60. The highest BCUT2D eigenvalue weighted by molar-refractivity contribution is 6.60. The van der Waals surface area contributed by atoms with E-state index in [1.165, 1.54) is 0 Å². The average Bonchev–Trinajstić information content (AvgIpc) is 2.86. The number of nitrogens with zero attached hydrogens (tertiary/aromatic N) is 2. The summed E-state index contributed by atoms with van der Waals surface area (Å²) in [7, 11) is 0.00598. The number of carbonyl (C=O) groups excluding carboxylic acids is 2. The van der Waals surface area contributed by atoms with Crippen LogP contribution < -0.4 is 16.1 Å². The smallest absolute Gasteiger partial charge is 0.478 e. The second kappa shape index (κ2) is 10.1. The van der Waals surface area contributed by atoms with E-state index in [9.17, 15) is 34.8 Å². The van der Waals surface area contributed by atoms with Gasteiger partial charge in [-0.15, -0.1) is 0 Å². The van der Waals surface area contributed by atoms with Crippen molar-refractivity contribution in [2.24, 2.45) is 5.73 Å². The average molecular weight is 477 g/mol. The van der Waals surface area contributed by atoms with Gasteiger partial charge in [-0.05, 0) is 17.7 Å². The standard InChI is InChI=1S/C23H20BN3O8/c1-34-22(30)18-17(12-6-4-3-5-7-12)14(11-25)20(26)27(19(18)23(31)35-2)16-10-13(21(28)29)8-9-15(16)24(32)33/h3-10,17,32-33H,26H2,1-2H3,(H,28,29). The molecule has 0 radical (unpaired) electrons. The maximum Gasteiger partial charge on any atom is 0.490 e. The predicted molar refractivity (Wildman–Crippen MR) is 123 cm³/mol. The zero-order valence-electron chi connectivity index (χ0n) is 18.6. The number of nitriles is 1. The van der Waals surface area contributed by atoms with Crippen molar-refractivity contribution in [1.29, 1.82) is 5.26 Å². The minimum Gasteiger partial charge on any atom is -0.478 e. The molecular formula is C23H20BN3O8. The quantitative estimate of drug-likeness (QED) is 0.323. The van der Waals surface area contributed by atoms with E-state index in [4.69, 9.17) is 15.2 Å². The van der Waals surface area contributed by atoms with E-state index in [0.717, 1.165) is 37.3 Å². The van der Waals surface area contributed by atoms with Gasteiger partial charge in [0.25, 0.3) is 0 Å². The summed E-state index contributed by atoms with van der Waals surface area (Å²) in [4.78, 5) is 38.6. The van der Waals surface area contributed by atoms with Crippen molar-refractivity contribution < 1.29 is 39.0 Å². The van der Waals surface area contributed by atoms with Crippen LogP contribution in [-0.4, -0.2) is 54.4 Å². The number of anilines is 1. The summed E-state index contributed by atoms with van der Waals surface area (Å²) in [5.74, 6) is -4.89. The molecule has 1 aliphatic rings. The number of carboxylic acid groups (broad SMARTS) is 1. The molecule has 2 aromatic rings. The highest BCUT2D eigenvalue weighted by Crippen LogP contribution is 2.43. The normalized spacial score (nSPS) is 15.4. The summed E-state index contributed by atoms with van der Waals surface area (Å²) < 4.78 is 9.82. The number of aromatic carboxylic acids is 1. The first kappa shape index (κ1) is 25.0. The van der Waals surface area contributed by atoms with Gasteiger partial charge in [0.05, 0.1) is 42.9 Å². The molecule has 1 aliphatic heterocycles. The number of hydrogen-bond acceptors (Lipinski definition) is 10. The van der Waals surface area contributed by atoms with Crippen molar-refractivity contribution in [2.45, 2.75) is 5.92 Å². The van der Waals surface area contributed by atoms with Crippen molar-refractivity contribution in [3.63, 3.8) is 0 Å². The number of carbonyl (C=O) groups is 3. The number of carboxylic acids is 1. The van der Waals surface area contributed by atoms with Crippen molar-refractivity contribution in [2.75, 3.05) is 19.1 Å². The van der Waals surface area contributed by atoms with Crippen molar-refractivity contribution in [3.05, 3.63) is 82.3 Å². The second-order valence-corrected chi connectivity index (χ2v) is 7.29. The first-order valence-electron chi connectivity index (χ1n) is 10.1. The molecule has 11 nitrogen and oxygen atoms in total. The first-order valence-corrected chi connectivity index (χ1v) is 10.1. The molecule has 178 valence electrons. The van der Waals surface area contributed by atoms with Gasteiger partial charge >= 0.3 is 25.0 Å². The molecular weight excluding hydrogens is 457 g/mol. The molecule has 0 amide bonds. The van der Waals surface area contributed by atoms with E-state index < -0.39 is 36.6 Å². The zero-order chi connectivity index (χ0) is 25.9. The molecule has 0 aromatic heterocycles. The molecule has 0 aliphatic carbocycles. The van der Waals surface area contributed by atoms with Gasteiger partial charge in [-0.1, -0.05) is 36.4 Å². The molecule has 0 bridgehead atoms. The first-order chi connectivity index (χ1) is 16.7. The van der Waals surface area contributed by atoms with Crippen molar-refractivity contribution in [1.82, 2.24) is 0 Å². The van der Waals surface area contributed by atoms with Gasteiger partial charge in [0, 0.05) is 11.2 Å². The monoisotopic (exact) mass is 477 g/mol. The lowest BCUT2D eigenvalue weighted by Gasteiger charge is -2.36. The van der Waals surface area contributed by atoms with Gasteiger partial charge in [0.1, 0.15) is 11.5 Å². The Balaban J connectivity index is 2.50. The molecule has 12 heteroatoms. The number of methoxy groups -OCH3 is 2. The van der Waals surface area contributed by atoms with Gasteiger partial charge in [0.2, 0.25) is 0 Å². The molecule has 5 N–H and O–H groups in total. The summed E-state index contributed by atoms with van der Waals surface area (Å²) in [6, 6.07) is 13.5. The van der Waals surface area contributed by atoms with Crippen LogP contribution in [0, 0.1) is 11.3 Å². The van der Waals surface area contributed by atoms with Crippen LogP contribution in [0.15, 0.2) is 71.2 Å². The largest absolute Gasteiger partial charge is 0.490 e. The number of esters is 2. The summed E-state index contributed by atoms with van der Waals surface area (Å²) in [6.07, 6.45) is 0. The van der Waals surface area contributed by atoms with E-state index in [0.29, 0.717) is 5.56 Å². The third kappa shape index (κ3) is 4.46. The Morgan fingerprint density at radius 2 is 1.69 bits per heavy atom. The number of nitrogens with two attached hydrogens (primary N) is 1. The number of ether oxygens (including phenoxy) is 2. The van der Waals surface area contributed by atoms with E-state index in [2.05, 4.69) is 0 Å². The third-order valence-electron chi connectivity index (χ3n) is 5.41. The van der Waals surface area contributed by atoms with Gasteiger partial charge in [-0.25, -0.2) is 14.4 Å². The Kier molecular flexibility index (Phi) is 7.24. The van der Waals surface area contributed by atoms with E-state index in [1.807, 2.05) is 6.07 Å². The highest BCUT2D eigenvalue weighted by atomic mass is 16.5. The number of allylic oxidation sites excluding steroid dienone is 1. The minimum absolute atomic E-state index is 0.164. The van der Waals surface area contributed by atoms with Crippen LogP contribution >= 0.6 is 0 Å². The lowest BCUT2D eigenvalue weighted by atomic mass is 9.76. The maximum atomic E-state index is 13.1. The van der Waals surface area contributed by atoms with Crippen LogP contribution in [0.4, 0.5) is 5.69 Å². The van der Waals surface area contributed by atoms with Crippen LogP contribution in [0.3, 0.4) is 0 Å². The predicted octanol–water partition coefficient (Wildman–Crippen LogP) is -0.0376. The fraction of sp³-hybridized carbons (Fsp3) is 0.130. The lowest BCUT2D eigenvalue weighted by Crippen LogP contribution is -2.45. The molecule has 0 saturated carbocycles. The SMILES string of the molecule is COC(=O)C1=C(C(=O)OC)N(c2cc(C(=O)O)ccc2B(O)O)C(N)=C(C#N)C1c1ccccc1. The summed E-state index contributed by atoms with van der Waals surface area (Å²) in [5, 5.41) is 39.4. The lowest BCUT2D eigenvalue weighted by molar-refractivity contribution is -0.139. The van der Waals surface area contributed by atoms with Crippen LogP contribution in [0.25, 0.3) is 0 Å². The molecule has 0 fully saturated rings. The molecule has 2 aromatic carbocycles. The molecule has 35 heavy (non-hydrogen) atoms. The fourth-order valence-corrected chi connectivity index (χ4v) is 3.85. The van der Waals surface area contributed by atoms with E-state index in [1.54, 1.807) is 30.3 Å².